The molecule has 1 saturated heterocycles. The quantitative estimate of drug-likeness (QED) is 0.834. The molecule has 1 aromatic rings. The van der Waals surface area contributed by atoms with Gasteiger partial charge in [-0.05, 0) is 44.3 Å². The maximum absolute atomic E-state index is 13.1. The number of halogens is 3. The summed E-state index contributed by atoms with van der Waals surface area (Å²) >= 11 is 5.09. The van der Waals surface area contributed by atoms with Gasteiger partial charge in [0.2, 0.25) is 0 Å². The van der Waals surface area contributed by atoms with E-state index in [1.54, 1.807) is 0 Å². The van der Waals surface area contributed by atoms with Crippen molar-refractivity contribution in [3.8, 4) is 6.07 Å². The third-order valence-electron chi connectivity index (χ3n) is 3.65. The molecule has 5 nitrogen and oxygen atoms in total. The van der Waals surface area contributed by atoms with Crippen molar-refractivity contribution in [3.05, 3.63) is 29.3 Å². The van der Waals surface area contributed by atoms with Crippen LogP contribution in [0.1, 0.15) is 25.0 Å². The molecule has 1 aromatic carbocycles. The Labute approximate surface area is 135 Å². The zero-order chi connectivity index (χ0) is 17.6. The number of nitrogens with zero attached hydrogens (tertiary/aromatic N) is 3. The van der Waals surface area contributed by atoms with Gasteiger partial charge in [0.25, 0.3) is 5.91 Å². The molecule has 9 heteroatoms. The van der Waals surface area contributed by atoms with Crippen LogP contribution >= 0.6 is 12.2 Å². The number of aliphatic hydroxyl groups excluding tert-OH is 1. The first-order valence-corrected chi connectivity index (χ1v) is 6.85. The van der Waals surface area contributed by atoms with Crippen LogP contribution in [-0.2, 0) is 11.0 Å². The number of benzene rings is 1. The van der Waals surface area contributed by atoms with Gasteiger partial charge in [0.15, 0.2) is 5.11 Å². The molecule has 1 amide bonds. The van der Waals surface area contributed by atoms with Gasteiger partial charge in [0.05, 0.1) is 22.9 Å². The van der Waals surface area contributed by atoms with E-state index in [1.807, 2.05) is 0 Å². The summed E-state index contributed by atoms with van der Waals surface area (Å²) in [6, 6.07) is 4.39. The van der Waals surface area contributed by atoms with Crippen molar-refractivity contribution in [2.24, 2.45) is 0 Å². The number of thiocarbonyl (C=S) groups is 1. The molecule has 1 fully saturated rings. The molecule has 0 saturated carbocycles. The SMILES string of the molecule is CC1(C)C(=O)N(c2ccc(C#N)c(C(F)(F)F)c2)C(=S)N1CO. The fourth-order valence-corrected chi connectivity index (χ4v) is 2.78. The summed E-state index contributed by atoms with van der Waals surface area (Å²) in [5, 5.41) is 18.1. The minimum atomic E-state index is -4.74. The number of alkyl halides is 3. The summed E-state index contributed by atoms with van der Waals surface area (Å²) in [5.74, 6) is -0.561. The Hall–Kier alpha value is -2.18. The summed E-state index contributed by atoms with van der Waals surface area (Å²) < 4.78 is 39.2. The highest BCUT2D eigenvalue weighted by molar-refractivity contribution is 7.80. The Morgan fingerprint density at radius 1 is 1.39 bits per heavy atom. The van der Waals surface area contributed by atoms with Gasteiger partial charge in [-0.15, -0.1) is 0 Å². The third kappa shape index (κ3) is 2.64. The van der Waals surface area contributed by atoms with Crippen LogP contribution in [0.15, 0.2) is 18.2 Å². The van der Waals surface area contributed by atoms with Crippen molar-refractivity contribution in [1.29, 1.82) is 5.26 Å². The Kier molecular flexibility index (Phi) is 4.09. The van der Waals surface area contributed by atoms with Crippen molar-refractivity contribution >= 4 is 28.9 Å². The summed E-state index contributed by atoms with van der Waals surface area (Å²) in [6.07, 6.45) is -4.74. The van der Waals surface area contributed by atoms with Gasteiger partial charge in [0.1, 0.15) is 12.3 Å². The van der Waals surface area contributed by atoms with Crippen molar-refractivity contribution in [1.82, 2.24) is 4.90 Å². The highest BCUT2D eigenvalue weighted by Crippen LogP contribution is 2.37. The standard InChI is InChI=1S/C14H12F3N3O2S/c1-13(2)11(22)20(12(23)19(13)7-21)9-4-3-8(6-18)10(5-9)14(15,16)17/h3-5,21H,7H2,1-2H3. The van der Waals surface area contributed by atoms with Crippen molar-refractivity contribution < 1.29 is 23.1 Å². The fraction of sp³-hybridized carbons (Fsp3) is 0.357. The Morgan fingerprint density at radius 2 is 2.00 bits per heavy atom. The van der Waals surface area contributed by atoms with E-state index in [0.29, 0.717) is 6.07 Å². The second-order valence-corrected chi connectivity index (χ2v) is 5.76. The molecule has 0 unspecified atom stereocenters. The number of rotatable bonds is 2. The van der Waals surface area contributed by atoms with E-state index in [-0.39, 0.29) is 10.8 Å². The molecule has 0 atom stereocenters. The van der Waals surface area contributed by atoms with Crippen LogP contribution in [0, 0.1) is 11.3 Å². The minimum Gasteiger partial charge on any atom is -0.376 e. The van der Waals surface area contributed by atoms with Gasteiger partial charge in [0, 0.05) is 0 Å². The number of anilines is 1. The second kappa shape index (κ2) is 5.47. The van der Waals surface area contributed by atoms with E-state index in [2.05, 4.69) is 0 Å². The van der Waals surface area contributed by atoms with Crippen LogP contribution in [0.3, 0.4) is 0 Å². The van der Waals surface area contributed by atoms with Crippen LogP contribution in [-0.4, -0.2) is 33.3 Å². The molecular formula is C14H12F3N3O2S. The van der Waals surface area contributed by atoms with Gasteiger partial charge in [-0.25, -0.2) is 0 Å². The number of aliphatic hydroxyl groups is 1. The molecular weight excluding hydrogens is 331 g/mol. The monoisotopic (exact) mass is 343 g/mol. The van der Waals surface area contributed by atoms with Gasteiger partial charge in [-0.3, -0.25) is 9.69 Å². The largest absolute Gasteiger partial charge is 0.417 e. The molecule has 0 radical (unpaired) electrons. The third-order valence-corrected chi connectivity index (χ3v) is 4.06. The Morgan fingerprint density at radius 3 is 2.43 bits per heavy atom. The second-order valence-electron chi connectivity index (χ2n) is 5.39. The highest BCUT2D eigenvalue weighted by Gasteiger charge is 2.49. The normalized spacial score (nSPS) is 17.6. The number of hydrogen-bond donors (Lipinski definition) is 1. The van der Waals surface area contributed by atoms with Crippen LogP contribution in [0.2, 0.25) is 0 Å². The van der Waals surface area contributed by atoms with E-state index in [1.165, 1.54) is 30.9 Å². The highest BCUT2D eigenvalue weighted by atomic mass is 32.1. The van der Waals surface area contributed by atoms with Gasteiger partial charge in [-0.1, -0.05) is 0 Å². The topological polar surface area (TPSA) is 67.6 Å². The van der Waals surface area contributed by atoms with Crippen LogP contribution in [0.25, 0.3) is 0 Å². The summed E-state index contributed by atoms with van der Waals surface area (Å²) in [6.45, 7) is 2.47. The molecule has 1 aliphatic rings. The molecule has 0 aromatic heterocycles. The zero-order valence-corrected chi connectivity index (χ0v) is 13.0. The van der Waals surface area contributed by atoms with Crippen molar-refractivity contribution in [2.45, 2.75) is 25.6 Å². The number of nitriles is 1. The van der Waals surface area contributed by atoms with Crippen LogP contribution in [0.4, 0.5) is 18.9 Å². The van der Waals surface area contributed by atoms with Gasteiger partial charge >= 0.3 is 6.18 Å². The van der Waals surface area contributed by atoms with Gasteiger partial charge in [-0.2, -0.15) is 18.4 Å². The van der Waals surface area contributed by atoms with E-state index in [4.69, 9.17) is 17.5 Å². The average molecular weight is 343 g/mol. The van der Waals surface area contributed by atoms with E-state index in [0.717, 1.165) is 11.0 Å². The summed E-state index contributed by atoms with van der Waals surface area (Å²) in [7, 11) is 0. The molecule has 23 heavy (non-hydrogen) atoms. The lowest BCUT2D eigenvalue weighted by molar-refractivity contribution is -0.137. The number of carbonyl (C=O) groups is 1. The molecule has 2 rings (SSSR count). The first-order chi connectivity index (χ1) is 10.6. The first kappa shape index (κ1) is 17.2. The number of carbonyl (C=O) groups excluding carboxylic acids is 1. The van der Waals surface area contributed by atoms with E-state index >= 15 is 0 Å². The summed E-state index contributed by atoms with van der Waals surface area (Å²) in [5.41, 5.74) is -2.97. The molecule has 0 spiro atoms. The maximum Gasteiger partial charge on any atom is 0.417 e. The van der Waals surface area contributed by atoms with E-state index in [9.17, 15) is 23.1 Å². The lowest BCUT2D eigenvalue weighted by Crippen LogP contribution is -2.44. The van der Waals surface area contributed by atoms with Gasteiger partial charge < -0.3 is 10.0 Å². The lowest BCUT2D eigenvalue weighted by Gasteiger charge is -2.26. The molecule has 1 heterocycles. The van der Waals surface area contributed by atoms with Crippen molar-refractivity contribution in [3.63, 3.8) is 0 Å². The molecule has 0 aliphatic carbocycles. The predicted molar refractivity (Wildman–Crippen MR) is 79.2 cm³/mol. The van der Waals surface area contributed by atoms with E-state index < -0.39 is 35.5 Å². The maximum atomic E-state index is 13.1. The average Bonchev–Trinajstić information content (AvgIpc) is 2.63. The minimum absolute atomic E-state index is 0.0969. The molecule has 0 bridgehead atoms. The Balaban J connectivity index is 2.58. The van der Waals surface area contributed by atoms with Crippen LogP contribution < -0.4 is 4.90 Å². The first-order valence-electron chi connectivity index (χ1n) is 6.44. The van der Waals surface area contributed by atoms with Crippen LogP contribution in [0.5, 0.6) is 0 Å². The molecule has 1 aliphatic heterocycles. The Bertz CT molecular complexity index is 725. The number of amides is 1. The lowest BCUT2D eigenvalue weighted by atomic mass is 10.0. The van der Waals surface area contributed by atoms with Crippen molar-refractivity contribution in [2.75, 3.05) is 11.6 Å². The molecule has 1 N–H and O–H groups in total. The smallest absolute Gasteiger partial charge is 0.376 e. The fourth-order valence-electron chi connectivity index (χ4n) is 2.30. The number of hydrogen-bond acceptors (Lipinski definition) is 4. The predicted octanol–water partition coefficient (Wildman–Crippen LogP) is 2.24. The molecule has 122 valence electrons. The zero-order valence-electron chi connectivity index (χ0n) is 12.2. The summed E-state index contributed by atoms with van der Waals surface area (Å²) in [4.78, 5) is 14.6.